The molecule has 0 saturated heterocycles. The number of fused-ring (bicyclic) bond motifs is 3. The number of anilines is 1. The molecule has 4 aromatic rings. The van der Waals surface area contributed by atoms with Gasteiger partial charge in [-0.3, -0.25) is 9.20 Å². The maximum atomic E-state index is 12.5. The number of pyridine rings is 1. The van der Waals surface area contributed by atoms with Crippen molar-refractivity contribution in [3.05, 3.63) is 54.1 Å². The fourth-order valence-corrected chi connectivity index (χ4v) is 3.93. The molecule has 0 bridgehead atoms. The Morgan fingerprint density at radius 2 is 1.79 bits per heavy atom. The Bertz CT molecular complexity index is 1180. The summed E-state index contributed by atoms with van der Waals surface area (Å²) in [6, 6.07) is 15.3. The molecular weight excluding hydrogens is 388 g/mol. The fourth-order valence-electron chi connectivity index (χ4n) is 3.17. The summed E-state index contributed by atoms with van der Waals surface area (Å²) in [6.07, 6.45) is 0. The molecule has 2 aromatic heterocycles. The number of aryl methyl sites for hydroxylation is 1. The number of nitrogens with one attached hydrogen (secondary N) is 1. The van der Waals surface area contributed by atoms with Crippen LogP contribution in [0, 0.1) is 6.92 Å². The smallest absolute Gasteiger partial charge is 0.234 e. The molecule has 0 spiro atoms. The second kappa shape index (κ2) is 8.00. The maximum absolute atomic E-state index is 12.5. The molecule has 0 radical (unpaired) electrons. The molecule has 0 atom stereocenters. The molecule has 1 amide bonds. The number of benzene rings is 2. The molecule has 7 nitrogen and oxygen atoms in total. The molecule has 148 valence electrons. The van der Waals surface area contributed by atoms with Crippen molar-refractivity contribution in [3.8, 4) is 11.5 Å². The number of amides is 1. The lowest BCUT2D eigenvalue weighted by atomic mass is 10.1. The minimum absolute atomic E-state index is 0.154. The highest BCUT2D eigenvalue weighted by atomic mass is 32.2. The molecule has 0 saturated carbocycles. The number of methoxy groups -OCH3 is 2. The third-order valence-corrected chi connectivity index (χ3v) is 5.47. The van der Waals surface area contributed by atoms with Gasteiger partial charge < -0.3 is 14.8 Å². The topological polar surface area (TPSA) is 77.8 Å². The fraction of sp³-hybridized carbons (Fsp3) is 0.190. The molecule has 1 N–H and O–H groups in total. The Morgan fingerprint density at radius 1 is 1.07 bits per heavy atom. The molecular formula is C21H20N4O3S. The van der Waals surface area contributed by atoms with Gasteiger partial charge in [0.05, 0.1) is 25.5 Å². The number of carbonyl (C=O) groups excluding carboxylic acids is 1. The summed E-state index contributed by atoms with van der Waals surface area (Å²) in [5.74, 6) is 1.26. The average molecular weight is 408 g/mol. The quantitative estimate of drug-likeness (QED) is 0.487. The van der Waals surface area contributed by atoms with E-state index in [0.29, 0.717) is 22.3 Å². The first-order valence-electron chi connectivity index (χ1n) is 8.98. The molecule has 29 heavy (non-hydrogen) atoms. The van der Waals surface area contributed by atoms with E-state index >= 15 is 0 Å². The molecule has 2 aromatic carbocycles. The second-order valence-electron chi connectivity index (χ2n) is 6.46. The first-order chi connectivity index (χ1) is 14.1. The summed E-state index contributed by atoms with van der Waals surface area (Å²) in [6.45, 7) is 2.06. The van der Waals surface area contributed by atoms with Gasteiger partial charge in [0.2, 0.25) is 5.91 Å². The van der Waals surface area contributed by atoms with Crippen molar-refractivity contribution in [1.82, 2.24) is 14.6 Å². The molecule has 0 aliphatic heterocycles. The zero-order chi connectivity index (χ0) is 20.4. The zero-order valence-electron chi connectivity index (χ0n) is 16.3. The number of hydrogen-bond donors (Lipinski definition) is 1. The van der Waals surface area contributed by atoms with E-state index in [-0.39, 0.29) is 11.7 Å². The highest BCUT2D eigenvalue weighted by Crippen LogP contribution is 2.27. The lowest BCUT2D eigenvalue weighted by Crippen LogP contribution is -2.14. The van der Waals surface area contributed by atoms with Gasteiger partial charge in [0, 0.05) is 29.3 Å². The van der Waals surface area contributed by atoms with Crippen LogP contribution in [0.15, 0.2) is 53.7 Å². The standard InChI is InChI=1S/C21H20N4O3S/c1-13-8-19-23-24-21(25(19)18-7-5-4-6-17(13)18)29-12-20(26)22-14-9-15(27-2)11-16(10-14)28-3/h4-11H,12H2,1-3H3,(H,22,26). The Morgan fingerprint density at radius 3 is 2.52 bits per heavy atom. The van der Waals surface area contributed by atoms with Crippen LogP contribution in [-0.2, 0) is 4.79 Å². The summed E-state index contributed by atoms with van der Waals surface area (Å²) in [5, 5.41) is 13.2. The average Bonchev–Trinajstić information content (AvgIpc) is 3.15. The van der Waals surface area contributed by atoms with Gasteiger partial charge in [0.25, 0.3) is 0 Å². The van der Waals surface area contributed by atoms with Crippen molar-refractivity contribution < 1.29 is 14.3 Å². The predicted molar refractivity (Wildman–Crippen MR) is 114 cm³/mol. The summed E-state index contributed by atoms with van der Waals surface area (Å²) < 4.78 is 12.5. The summed E-state index contributed by atoms with van der Waals surface area (Å²) in [5.41, 5.74) is 3.54. The highest BCUT2D eigenvalue weighted by molar-refractivity contribution is 7.99. The van der Waals surface area contributed by atoms with Crippen LogP contribution >= 0.6 is 11.8 Å². The Balaban J connectivity index is 1.54. The Hall–Kier alpha value is -3.26. The van der Waals surface area contributed by atoms with Crippen molar-refractivity contribution >= 4 is 39.9 Å². The van der Waals surface area contributed by atoms with Crippen molar-refractivity contribution in [2.75, 3.05) is 25.3 Å². The SMILES string of the molecule is COc1cc(NC(=O)CSc2nnc3cc(C)c4ccccc4n23)cc(OC)c1. The van der Waals surface area contributed by atoms with Crippen LogP contribution in [0.5, 0.6) is 11.5 Å². The van der Waals surface area contributed by atoms with Gasteiger partial charge in [-0.1, -0.05) is 30.0 Å². The number of thioether (sulfide) groups is 1. The van der Waals surface area contributed by atoms with Crippen LogP contribution in [-0.4, -0.2) is 40.5 Å². The summed E-state index contributed by atoms with van der Waals surface area (Å²) >= 11 is 1.34. The third-order valence-electron chi connectivity index (χ3n) is 4.54. The first-order valence-corrected chi connectivity index (χ1v) is 9.97. The van der Waals surface area contributed by atoms with Gasteiger partial charge in [-0.2, -0.15) is 0 Å². The molecule has 8 heteroatoms. The normalized spacial score (nSPS) is 11.0. The number of ether oxygens (including phenoxy) is 2. The van der Waals surface area contributed by atoms with Gasteiger partial charge in [0.1, 0.15) is 11.5 Å². The lowest BCUT2D eigenvalue weighted by molar-refractivity contribution is -0.113. The molecule has 0 fully saturated rings. The highest BCUT2D eigenvalue weighted by Gasteiger charge is 2.13. The molecule has 0 aliphatic carbocycles. The van der Waals surface area contributed by atoms with Gasteiger partial charge in [-0.25, -0.2) is 0 Å². The van der Waals surface area contributed by atoms with Crippen molar-refractivity contribution in [1.29, 1.82) is 0 Å². The van der Waals surface area contributed by atoms with E-state index in [2.05, 4.69) is 28.5 Å². The summed E-state index contributed by atoms with van der Waals surface area (Å²) in [7, 11) is 3.14. The second-order valence-corrected chi connectivity index (χ2v) is 7.40. The van der Waals surface area contributed by atoms with E-state index in [4.69, 9.17) is 9.47 Å². The lowest BCUT2D eigenvalue weighted by Gasteiger charge is -2.10. The van der Waals surface area contributed by atoms with Crippen molar-refractivity contribution in [2.24, 2.45) is 0 Å². The minimum Gasteiger partial charge on any atom is -0.497 e. The van der Waals surface area contributed by atoms with Crippen molar-refractivity contribution in [2.45, 2.75) is 12.1 Å². The number of aromatic nitrogens is 3. The number of hydrogen-bond acceptors (Lipinski definition) is 6. The van der Waals surface area contributed by atoms with Crippen LogP contribution in [0.25, 0.3) is 16.6 Å². The number of carbonyl (C=O) groups is 1. The molecule has 0 unspecified atom stereocenters. The van der Waals surface area contributed by atoms with Crippen LogP contribution < -0.4 is 14.8 Å². The third kappa shape index (κ3) is 3.84. The van der Waals surface area contributed by atoms with Crippen molar-refractivity contribution in [3.63, 3.8) is 0 Å². The van der Waals surface area contributed by atoms with Crippen LogP contribution in [0.4, 0.5) is 5.69 Å². The van der Waals surface area contributed by atoms with Crippen LogP contribution in [0.3, 0.4) is 0 Å². The monoisotopic (exact) mass is 408 g/mol. The van der Waals surface area contributed by atoms with E-state index in [0.717, 1.165) is 22.1 Å². The zero-order valence-corrected chi connectivity index (χ0v) is 17.1. The predicted octanol–water partition coefficient (Wildman–Crippen LogP) is 3.94. The van der Waals surface area contributed by atoms with E-state index in [1.807, 2.05) is 28.7 Å². The van der Waals surface area contributed by atoms with Crippen LogP contribution in [0.2, 0.25) is 0 Å². The summed E-state index contributed by atoms with van der Waals surface area (Å²) in [4.78, 5) is 12.5. The number of nitrogens with zero attached hydrogens (tertiary/aromatic N) is 3. The minimum atomic E-state index is -0.154. The van der Waals surface area contributed by atoms with Gasteiger partial charge in [-0.05, 0) is 24.6 Å². The van der Waals surface area contributed by atoms with E-state index in [9.17, 15) is 4.79 Å². The largest absolute Gasteiger partial charge is 0.497 e. The maximum Gasteiger partial charge on any atom is 0.234 e. The van der Waals surface area contributed by atoms with Crippen LogP contribution in [0.1, 0.15) is 5.56 Å². The first kappa shape index (κ1) is 19.1. The molecule has 2 heterocycles. The molecule has 0 aliphatic rings. The van der Waals surface area contributed by atoms with E-state index < -0.39 is 0 Å². The van der Waals surface area contributed by atoms with E-state index in [1.165, 1.54) is 11.8 Å². The Labute approximate surface area is 172 Å². The van der Waals surface area contributed by atoms with E-state index in [1.54, 1.807) is 32.4 Å². The Kier molecular flexibility index (Phi) is 5.26. The van der Waals surface area contributed by atoms with Gasteiger partial charge in [-0.15, -0.1) is 10.2 Å². The molecule has 4 rings (SSSR count). The number of rotatable bonds is 6. The number of para-hydroxylation sites is 1. The van der Waals surface area contributed by atoms with Gasteiger partial charge in [0.15, 0.2) is 10.8 Å². The van der Waals surface area contributed by atoms with Gasteiger partial charge >= 0.3 is 0 Å².